The highest BCUT2D eigenvalue weighted by Gasteiger charge is 2.38. The second kappa shape index (κ2) is 8.52. The van der Waals surface area contributed by atoms with Gasteiger partial charge in [-0.05, 0) is 110 Å². The number of pyridine rings is 1. The zero-order valence-electron chi connectivity index (χ0n) is 25.3. The van der Waals surface area contributed by atoms with E-state index < -0.39 is 0 Å². The number of nitrogens with zero attached hydrogens (tertiary/aromatic N) is 1. The Labute approximate surface area is 248 Å². The van der Waals surface area contributed by atoms with Crippen LogP contribution < -0.4 is 0 Å². The van der Waals surface area contributed by atoms with E-state index in [2.05, 4.69) is 139 Å². The first-order chi connectivity index (χ1) is 20.2. The minimum atomic E-state index is -0.119. The molecule has 1 heterocycles. The summed E-state index contributed by atoms with van der Waals surface area (Å²) in [5.74, 6) is 0. The van der Waals surface area contributed by atoms with Crippen molar-refractivity contribution in [1.29, 1.82) is 0 Å². The first-order valence-electron chi connectivity index (χ1n) is 15.1. The number of aromatic nitrogens is 1. The maximum Gasteiger partial charge on any atom is 0.0783 e. The molecule has 1 nitrogen and oxygen atoms in total. The van der Waals surface area contributed by atoms with Gasteiger partial charge in [-0.25, -0.2) is 0 Å². The van der Waals surface area contributed by atoms with Crippen LogP contribution in [0.3, 0.4) is 0 Å². The molecule has 8 rings (SSSR count). The summed E-state index contributed by atoms with van der Waals surface area (Å²) < 4.78 is 0. The number of rotatable bonds is 2. The van der Waals surface area contributed by atoms with Crippen LogP contribution in [-0.2, 0) is 10.8 Å². The lowest BCUT2D eigenvalue weighted by atomic mass is 9.79. The number of hydrogen-bond donors (Lipinski definition) is 0. The molecule has 0 aliphatic heterocycles. The fourth-order valence-corrected chi connectivity index (χ4v) is 7.81. The molecule has 5 aromatic carbocycles. The predicted molar refractivity (Wildman–Crippen MR) is 177 cm³/mol. The van der Waals surface area contributed by atoms with Crippen molar-refractivity contribution in [2.24, 2.45) is 0 Å². The average molecular weight is 542 g/mol. The zero-order chi connectivity index (χ0) is 29.0. The van der Waals surface area contributed by atoms with Gasteiger partial charge < -0.3 is 0 Å². The van der Waals surface area contributed by atoms with Gasteiger partial charge in [-0.1, -0.05) is 100 Å². The molecule has 0 saturated heterocycles. The second-order valence-corrected chi connectivity index (χ2v) is 13.4. The third kappa shape index (κ3) is 3.34. The van der Waals surface area contributed by atoms with Gasteiger partial charge in [0.1, 0.15) is 0 Å². The van der Waals surface area contributed by atoms with E-state index in [1.807, 2.05) is 6.20 Å². The number of aryl methyl sites for hydroxylation is 2. The van der Waals surface area contributed by atoms with Crippen LogP contribution in [0.25, 0.3) is 55.4 Å². The summed E-state index contributed by atoms with van der Waals surface area (Å²) in [6, 6.07) is 36.4. The summed E-state index contributed by atoms with van der Waals surface area (Å²) in [4.78, 5) is 4.88. The Morgan fingerprint density at radius 1 is 0.476 bits per heavy atom. The molecule has 0 unspecified atom stereocenters. The minimum Gasteiger partial charge on any atom is -0.256 e. The molecule has 2 aliphatic carbocycles. The Morgan fingerprint density at radius 2 is 1.07 bits per heavy atom. The van der Waals surface area contributed by atoms with Gasteiger partial charge in [0.05, 0.1) is 5.69 Å². The zero-order valence-corrected chi connectivity index (χ0v) is 25.3. The van der Waals surface area contributed by atoms with Crippen LogP contribution in [0, 0.1) is 13.8 Å². The Bertz CT molecular complexity index is 2100. The van der Waals surface area contributed by atoms with E-state index in [1.54, 1.807) is 0 Å². The molecule has 204 valence electrons. The third-order valence-corrected chi connectivity index (χ3v) is 10.2. The summed E-state index contributed by atoms with van der Waals surface area (Å²) in [6.45, 7) is 14.0. The van der Waals surface area contributed by atoms with Gasteiger partial charge in [0.2, 0.25) is 0 Å². The molecule has 0 saturated carbocycles. The van der Waals surface area contributed by atoms with Crippen molar-refractivity contribution in [3.05, 3.63) is 137 Å². The van der Waals surface area contributed by atoms with Gasteiger partial charge in [-0.3, -0.25) is 4.98 Å². The lowest BCUT2D eigenvalue weighted by molar-refractivity contribution is 0.659. The maximum absolute atomic E-state index is 4.88. The highest BCUT2D eigenvalue weighted by Crippen LogP contribution is 2.53. The summed E-state index contributed by atoms with van der Waals surface area (Å²) in [6.07, 6.45) is 1.94. The normalized spacial score (nSPS) is 15.3. The van der Waals surface area contributed by atoms with E-state index in [1.165, 1.54) is 83.1 Å². The van der Waals surface area contributed by atoms with E-state index in [0.717, 1.165) is 5.69 Å². The number of hydrogen-bond acceptors (Lipinski definition) is 1. The van der Waals surface area contributed by atoms with Crippen molar-refractivity contribution in [2.75, 3.05) is 0 Å². The molecule has 0 atom stereocenters. The summed E-state index contributed by atoms with van der Waals surface area (Å²) in [5.41, 5.74) is 18.5. The number of benzene rings is 5. The quantitative estimate of drug-likeness (QED) is 0.212. The van der Waals surface area contributed by atoms with Crippen LogP contribution in [0.1, 0.15) is 61.1 Å². The molecule has 42 heavy (non-hydrogen) atoms. The van der Waals surface area contributed by atoms with Gasteiger partial charge in [-0.15, -0.1) is 0 Å². The van der Waals surface area contributed by atoms with Crippen LogP contribution in [0.15, 0.2) is 103 Å². The predicted octanol–water partition coefficient (Wildman–Crippen LogP) is 10.8. The van der Waals surface area contributed by atoms with Crippen molar-refractivity contribution >= 4 is 10.8 Å². The molecule has 0 bridgehead atoms. The Balaban J connectivity index is 1.27. The standard InChI is InChI=1S/C41H35N/c1-24-19-33-34-20-25(2)32(39-28-12-8-7-11-26(28)17-18-42-39)23-38(34)41(5,6)37(33)22-31(24)27-15-16-30-29-13-9-10-14-35(29)40(3,4)36(30)21-27/h7-23H,1-6H3. The highest BCUT2D eigenvalue weighted by atomic mass is 14.7. The molecule has 0 spiro atoms. The van der Waals surface area contributed by atoms with E-state index >= 15 is 0 Å². The van der Waals surface area contributed by atoms with Crippen LogP contribution in [0.5, 0.6) is 0 Å². The highest BCUT2D eigenvalue weighted by molar-refractivity contribution is 5.97. The second-order valence-electron chi connectivity index (χ2n) is 13.4. The fourth-order valence-electron chi connectivity index (χ4n) is 7.81. The first-order valence-corrected chi connectivity index (χ1v) is 15.1. The largest absolute Gasteiger partial charge is 0.256 e. The average Bonchev–Trinajstić information content (AvgIpc) is 3.34. The van der Waals surface area contributed by atoms with Gasteiger partial charge in [0.15, 0.2) is 0 Å². The molecule has 0 amide bonds. The van der Waals surface area contributed by atoms with Gasteiger partial charge >= 0.3 is 0 Å². The topological polar surface area (TPSA) is 12.9 Å². The fraction of sp³-hybridized carbons (Fsp3) is 0.195. The third-order valence-electron chi connectivity index (χ3n) is 10.2. The van der Waals surface area contributed by atoms with Gasteiger partial charge in [-0.2, -0.15) is 0 Å². The van der Waals surface area contributed by atoms with E-state index in [9.17, 15) is 0 Å². The number of fused-ring (bicyclic) bond motifs is 7. The van der Waals surface area contributed by atoms with Gasteiger partial charge in [0, 0.05) is 28.0 Å². The Kier molecular flexibility index (Phi) is 5.12. The minimum absolute atomic E-state index is 0.00828. The molecule has 1 aromatic heterocycles. The van der Waals surface area contributed by atoms with Crippen LogP contribution in [-0.4, -0.2) is 4.98 Å². The van der Waals surface area contributed by atoms with Crippen LogP contribution in [0.2, 0.25) is 0 Å². The molecule has 0 N–H and O–H groups in total. The summed E-state index contributed by atoms with van der Waals surface area (Å²) >= 11 is 0. The monoisotopic (exact) mass is 541 g/mol. The molecule has 6 aromatic rings. The summed E-state index contributed by atoms with van der Waals surface area (Å²) in [7, 11) is 0. The van der Waals surface area contributed by atoms with E-state index in [0.29, 0.717) is 0 Å². The van der Waals surface area contributed by atoms with E-state index in [-0.39, 0.29) is 10.8 Å². The van der Waals surface area contributed by atoms with Crippen molar-refractivity contribution < 1.29 is 0 Å². The lowest BCUT2D eigenvalue weighted by Gasteiger charge is -2.24. The molecule has 1 heteroatoms. The van der Waals surface area contributed by atoms with Crippen molar-refractivity contribution in [3.8, 4) is 44.6 Å². The first kappa shape index (κ1) is 25.2. The van der Waals surface area contributed by atoms with Crippen molar-refractivity contribution in [1.82, 2.24) is 4.98 Å². The molecular formula is C41H35N. The smallest absolute Gasteiger partial charge is 0.0783 e. The Hall–Kier alpha value is -4.49. The molecular weight excluding hydrogens is 506 g/mol. The SMILES string of the molecule is Cc1cc2c(cc1-c1ccc3c(c1)C(C)(C)c1ccccc1-3)C(C)(C)c1cc(-c3nccc4ccccc34)c(C)cc1-2. The van der Waals surface area contributed by atoms with Crippen LogP contribution in [0.4, 0.5) is 0 Å². The van der Waals surface area contributed by atoms with Crippen LogP contribution >= 0.6 is 0 Å². The van der Waals surface area contributed by atoms with Crippen molar-refractivity contribution in [3.63, 3.8) is 0 Å². The van der Waals surface area contributed by atoms with Crippen molar-refractivity contribution in [2.45, 2.75) is 52.4 Å². The van der Waals surface area contributed by atoms with E-state index in [4.69, 9.17) is 4.98 Å². The Morgan fingerprint density at radius 3 is 1.86 bits per heavy atom. The molecule has 0 radical (unpaired) electrons. The van der Waals surface area contributed by atoms with Gasteiger partial charge in [0.25, 0.3) is 0 Å². The molecule has 0 fully saturated rings. The lowest BCUT2D eigenvalue weighted by Crippen LogP contribution is -2.16. The maximum atomic E-state index is 4.88. The summed E-state index contributed by atoms with van der Waals surface area (Å²) in [5, 5.41) is 2.43. The molecule has 2 aliphatic rings.